The molecule has 1 aromatic heterocycles. The van der Waals surface area contributed by atoms with Gasteiger partial charge in [-0.15, -0.1) is 10.2 Å². The van der Waals surface area contributed by atoms with Crippen LogP contribution >= 0.6 is 11.8 Å². The van der Waals surface area contributed by atoms with Gasteiger partial charge in [0.25, 0.3) is 0 Å². The van der Waals surface area contributed by atoms with Crippen LogP contribution in [0.15, 0.2) is 40.6 Å². The SMILES string of the molecule is Cn1cnnc1Sc1ccc(CO)cc1. The third-order valence-corrected chi connectivity index (χ3v) is 3.04. The van der Waals surface area contributed by atoms with Crippen molar-refractivity contribution in [2.75, 3.05) is 0 Å². The van der Waals surface area contributed by atoms with E-state index in [0.717, 1.165) is 15.6 Å². The number of hydrogen-bond donors (Lipinski definition) is 1. The van der Waals surface area contributed by atoms with Gasteiger partial charge in [0.1, 0.15) is 6.33 Å². The number of rotatable bonds is 3. The Bertz CT molecular complexity index is 438. The second-order valence-corrected chi connectivity index (χ2v) is 4.17. The van der Waals surface area contributed by atoms with Crippen molar-refractivity contribution < 1.29 is 5.11 Å². The molecule has 0 aliphatic carbocycles. The van der Waals surface area contributed by atoms with E-state index in [1.165, 1.54) is 0 Å². The van der Waals surface area contributed by atoms with Crippen LogP contribution in [-0.4, -0.2) is 19.9 Å². The fraction of sp³-hybridized carbons (Fsp3) is 0.200. The molecule has 0 saturated heterocycles. The summed E-state index contributed by atoms with van der Waals surface area (Å²) in [6.45, 7) is 0.0783. The van der Waals surface area contributed by atoms with Crippen molar-refractivity contribution in [2.45, 2.75) is 16.7 Å². The van der Waals surface area contributed by atoms with Gasteiger partial charge in [0.05, 0.1) is 6.61 Å². The number of hydrogen-bond acceptors (Lipinski definition) is 4. The molecule has 15 heavy (non-hydrogen) atoms. The minimum Gasteiger partial charge on any atom is -0.392 e. The number of aromatic nitrogens is 3. The zero-order chi connectivity index (χ0) is 10.7. The average molecular weight is 221 g/mol. The van der Waals surface area contributed by atoms with E-state index in [9.17, 15) is 0 Å². The lowest BCUT2D eigenvalue weighted by Gasteiger charge is -2.01. The topological polar surface area (TPSA) is 50.9 Å². The minimum absolute atomic E-state index is 0.0783. The maximum atomic E-state index is 8.90. The van der Waals surface area contributed by atoms with E-state index in [4.69, 9.17) is 5.11 Å². The van der Waals surface area contributed by atoms with Crippen LogP contribution in [0.2, 0.25) is 0 Å². The van der Waals surface area contributed by atoms with E-state index >= 15 is 0 Å². The Morgan fingerprint density at radius 3 is 2.60 bits per heavy atom. The molecule has 5 heteroatoms. The highest BCUT2D eigenvalue weighted by atomic mass is 32.2. The maximum Gasteiger partial charge on any atom is 0.195 e. The van der Waals surface area contributed by atoms with Gasteiger partial charge in [-0.25, -0.2) is 0 Å². The average Bonchev–Trinajstić information content (AvgIpc) is 2.66. The van der Waals surface area contributed by atoms with Gasteiger partial charge in [0.2, 0.25) is 0 Å². The van der Waals surface area contributed by atoms with Crippen LogP contribution in [-0.2, 0) is 13.7 Å². The summed E-state index contributed by atoms with van der Waals surface area (Å²) in [5, 5.41) is 17.5. The summed E-state index contributed by atoms with van der Waals surface area (Å²) in [7, 11) is 1.91. The van der Waals surface area contributed by atoms with Crippen LogP contribution in [0, 0.1) is 0 Å². The monoisotopic (exact) mass is 221 g/mol. The van der Waals surface area contributed by atoms with E-state index < -0.39 is 0 Å². The molecule has 2 aromatic rings. The highest BCUT2D eigenvalue weighted by Gasteiger charge is 2.02. The third-order valence-electron chi connectivity index (χ3n) is 1.98. The number of nitrogens with zero attached hydrogens (tertiary/aromatic N) is 3. The standard InChI is InChI=1S/C10H11N3OS/c1-13-7-11-12-10(13)15-9-4-2-8(6-14)3-5-9/h2-5,7,14H,6H2,1H3. The highest BCUT2D eigenvalue weighted by molar-refractivity contribution is 7.99. The first-order valence-electron chi connectivity index (χ1n) is 4.51. The van der Waals surface area contributed by atoms with Crippen LogP contribution in [0.5, 0.6) is 0 Å². The molecule has 0 bridgehead atoms. The molecule has 78 valence electrons. The van der Waals surface area contributed by atoms with Crippen LogP contribution in [0.1, 0.15) is 5.56 Å². The largest absolute Gasteiger partial charge is 0.392 e. The van der Waals surface area contributed by atoms with E-state index in [1.54, 1.807) is 18.1 Å². The van der Waals surface area contributed by atoms with Crippen molar-refractivity contribution in [3.8, 4) is 0 Å². The summed E-state index contributed by atoms with van der Waals surface area (Å²) in [5.74, 6) is 0. The molecule has 0 radical (unpaired) electrons. The Labute approximate surface area is 92.0 Å². The van der Waals surface area contributed by atoms with Gasteiger partial charge in [-0.3, -0.25) is 0 Å². The van der Waals surface area contributed by atoms with Crippen LogP contribution in [0.3, 0.4) is 0 Å². The number of aliphatic hydroxyl groups is 1. The summed E-state index contributed by atoms with van der Waals surface area (Å²) >= 11 is 1.55. The highest BCUT2D eigenvalue weighted by Crippen LogP contribution is 2.25. The first-order valence-corrected chi connectivity index (χ1v) is 5.33. The molecule has 2 rings (SSSR count). The van der Waals surface area contributed by atoms with Crippen molar-refractivity contribution in [3.05, 3.63) is 36.2 Å². The van der Waals surface area contributed by atoms with Crippen molar-refractivity contribution in [2.24, 2.45) is 7.05 Å². The normalized spacial score (nSPS) is 10.5. The second-order valence-electron chi connectivity index (χ2n) is 3.13. The Hall–Kier alpha value is -1.33. The zero-order valence-electron chi connectivity index (χ0n) is 8.29. The molecule has 0 unspecified atom stereocenters. The van der Waals surface area contributed by atoms with Crippen molar-refractivity contribution in [1.82, 2.24) is 14.8 Å². The van der Waals surface area contributed by atoms with Gasteiger partial charge in [-0.05, 0) is 29.5 Å². The number of aryl methyl sites for hydroxylation is 1. The van der Waals surface area contributed by atoms with Crippen molar-refractivity contribution in [3.63, 3.8) is 0 Å². The molecule has 0 fully saturated rings. The molecule has 0 saturated carbocycles. The molecule has 1 N–H and O–H groups in total. The first-order chi connectivity index (χ1) is 7.29. The van der Waals surface area contributed by atoms with E-state index in [1.807, 2.05) is 35.9 Å². The third kappa shape index (κ3) is 2.37. The zero-order valence-corrected chi connectivity index (χ0v) is 9.11. The molecule has 0 aliphatic rings. The summed E-state index contributed by atoms with van der Waals surface area (Å²) in [6, 6.07) is 7.73. The van der Waals surface area contributed by atoms with Gasteiger partial charge in [-0.2, -0.15) is 0 Å². The van der Waals surface area contributed by atoms with Gasteiger partial charge < -0.3 is 9.67 Å². The van der Waals surface area contributed by atoms with Crippen LogP contribution in [0.25, 0.3) is 0 Å². The molecule has 0 amide bonds. The fourth-order valence-corrected chi connectivity index (χ4v) is 1.90. The molecular formula is C10H11N3OS. The van der Waals surface area contributed by atoms with Crippen LogP contribution < -0.4 is 0 Å². The lowest BCUT2D eigenvalue weighted by molar-refractivity contribution is 0.282. The predicted octanol–water partition coefficient (Wildman–Crippen LogP) is 1.46. The predicted molar refractivity (Wildman–Crippen MR) is 57.5 cm³/mol. The van der Waals surface area contributed by atoms with E-state index in [0.29, 0.717) is 0 Å². The molecule has 1 heterocycles. The lowest BCUT2D eigenvalue weighted by atomic mass is 10.2. The Morgan fingerprint density at radius 2 is 2.07 bits per heavy atom. The van der Waals surface area contributed by atoms with Crippen molar-refractivity contribution >= 4 is 11.8 Å². The Kier molecular flexibility index (Phi) is 3.03. The summed E-state index contributed by atoms with van der Waals surface area (Å²) in [6.07, 6.45) is 1.67. The molecule has 0 atom stereocenters. The Balaban J connectivity index is 2.14. The summed E-state index contributed by atoms with van der Waals surface area (Å²) in [5.41, 5.74) is 0.914. The van der Waals surface area contributed by atoms with Crippen LogP contribution in [0.4, 0.5) is 0 Å². The number of benzene rings is 1. The van der Waals surface area contributed by atoms with Gasteiger partial charge >= 0.3 is 0 Å². The fourth-order valence-electron chi connectivity index (χ4n) is 1.13. The Morgan fingerprint density at radius 1 is 1.33 bits per heavy atom. The van der Waals surface area contributed by atoms with Crippen molar-refractivity contribution in [1.29, 1.82) is 0 Å². The van der Waals surface area contributed by atoms with Gasteiger partial charge in [0.15, 0.2) is 5.16 Å². The van der Waals surface area contributed by atoms with E-state index in [-0.39, 0.29) is 6.61 Å². The lowest BCUT2D eigenvalue weighted by Crippen LogP contribution is -1.88. The molecule has 4 nitrogen and oxygen atoms in total. The molecule has 0 spiro atoms. The maximum absolute atomic E-state index is 8.90. The minimum atomic E-state index is 0.0783. The van der Waals surface area contributed by atoms with E-state index in [2.05, 4.69) is 10.2 Å². The first kappa shape index (κ1) is 10.2. The smallest absolute Gasteiger partial charge is 0.195 e. The molecule has 1 aromatic carbocycles. The molecular weight excluding hydrogens is 210 g/mol. The summed E-state index contributed by atoms with van der Waals surface area (Å²) < 4.78 is 1.87. The quantitative estimate of drug-likeness (QED) is 0.852. The number of aliphatic hydroxyl groups excluding tert-OH is 1. The van der Waals surface area contributed by atoms with Gasteiger partial charge in [0, 0.05) is 11.9 Å². The summed E-state index contributed by atoms with van der Waals surface area (Å²) in [4.78, 5) is 1.09. The second kappa shape index (κ2) is 4.46. The van der Waals surface area contributed by atoms with Gasteiger partial charge in [-0.1, -0.05) is 12.1 Å². The molecule has 0 aliphatic heterocycles.